The summed E-state index contributed by atoms with van der Waals surface area (Å²) in [4.78, 5) is 35.2. The summed E-state index contributed by atoms with van der Waals surface area (Å²) in [6.45, 7) is 0. The minimum atomic E-state index is -0.467. The molecule has 5 heteroatoms. The van der Waals surface area contributed by atoms with Crippen molar-refractivity contribution in [2.24, 2.45) is 17.8 Å². The molecule has 2 amide bonds. The van der Waals surface area contributed by atoms with Crippen molar-refractivity contribution in [3.05, 3.63) is 33.4 Å². The smallest absolute Gasteiger partial charge is 0.336 e. The maximum absolute atomic E-state index is 12.1. The number of rotatable bonds is 5. The van der Waals surface area contributed by atoms with E-state index in [2.05, 4.69) is 5.32 Å². The molecule has 2 aliphatic carbocycles. The first-order valence-corrected chi connectivity index (χ1v) is 8.12. The second-order valence-electron chi connectivity index (χ2n) is 6.82. The van der Waals surface area contributed by atoms with Crippen LogP contribution in [0.4, 0.5) is 0 Å². The zero-order chi connectivity index (χ0) is 15.3. The summed E-state index contributed by atoms with van der Waals surface area (Å²) in [5.41, 5.74) is 0.678. The SMILES string of the molecule is O=C1Cc2oc(=O)cc(CCC(C3CC3)C3CC3)c2C(=O)N1. The van der Waals surface area contributed by atoms with Gasteiger partial charge in [0, 0.05) is 6.07 Å². The van der Waals surface area contributed by atoms with Crippen LogP contribution >= 0.6 is 0 Å². The Bertz CT molecular complexity index is 685. The number of hydrogen-bond donors (Lipinski definition) is 1. The number of nitrogens with one attached hydrogen (secondary N) is 1. The van der Waals surface area contributed by atoms with Gasteiger partial charge < -0.3 is 4.42 Å². The highest BCUT2D eigenvalue weighted by Crippen LogP contribution is 2.51. The molecular weight excluding hydrogens is 282 g/mol. The van der Waals surface area contributed by atoms with Gasteiger partial charge in [0.1, 0.15) is 5.76 Å². The number of hydrogen-bond acceptors (Lipinski definition) is 4. The molecule has 2 saturated carbocycles. The number of imide groups is 1. The van der Waals surface area contributed by atoms with E-state index in [4.69, 9.17) is 4.42 Å². The van der Waals surface area contributed by atoms with E-state index in [0.717, 1.165) is 29.7 Å². The predicted octanol–water partition coefficient (Wildman–Crippen LogP) is 1.82. The molecule has 22 heavy (non-hydrogen) atoms. The van der Waals surface area contributed by atoms with Crippen molar-refractivity contribution in [2.75, 3.05) is 0 Å². The van der Waals surface area contributed by atoms with Gasteiger partial charge in [-0.2, -0.15) is 0 Å². The molecule has 0 radical (unpaired) electrons. The number of amides is 2. The monoisotopic (exact) mass is 301 g/mol. The molecule has 5 nitrogen and oxygen atoms in total. The Kier molecular flexibility index (Phi) is 3.17. The lowest BCUT2D eigenvalue weighted by Gasteiger charge is -2.19. The van der Waals surface area contributed by atoms with Crippen molar-refractivity contribution in [3.8, 4) is 0 Å². The minimum Gasteiger partial charge on any atom is -0.426 e. The number of carbonyl (C=O) groups excluding carboxylic acids is 2. The van der Waals surface area contributed by atoms with Crippen molar-refractivity contribution < 1.29 is 14.0 Å². The fourth-order valence-electron chi connectivity index (χ4n) is 3.80. The van der Waals surface area contributed by atoms with Crippen molar-refractivity contribution in [1.29, 1.82) is 0 Å². The third kappa shape index (κ3) is 2.60. The van der Waals surface area contributed by atoms with Gasteiger partial charge in [-0.3, -0.25) is 14.9 Å². The first-order valence-electron chi connectivity index (χ1n) is 8.12. The van der Waals surface area contributed by atoms with E-state index in [1.807, 2.05) is 0 Å². The van der Waals surface area contributed by atoms with E-state index in [1.165, 1.54) is 31.7 Å². The molecule has 0 atom stereocenters. The average molecular weight is 301 g/mol. The molecule has 0 saturated heterocycles. The van der Waals surface area contributed by atoms with Crippen LogP contribution in [0.3, 0.4) is 0 Å². The van der Waals surface area contributed by atoms with Gasteiger partial charge in [-0.1, -0.05) is 0 Å². The van der Waals surface area contributed by atoms with E-state index < -0.39 is 17.4 Å². The van der Waals surface area contributed by atoms with E-state index >= 15 is 0 Å². The van der Waals surface area contributed by atoms with Crippen LogP contribution in [0.15, 0.2) is 15.3 Å². The van der Waals surface area contributed by atoms with Crippen LogP contribution < -0.4 is 10.9 Å². The van der Waals surface area contributed by atoms with Crippen molar-refractivity contribution in [1.82, 2.24) is 5.32 Å². The van der Waals surface area contributed by atoms with Gasteiger partial charge in [-0.15, -0.1) is 0 Å². The molecule has 2 heterocycles. The highest BCUT2D eigenvalue weighted by atomic mass is 16.4. The van der Waals surface area contributed by atoms with Gasteiger partial charge in [0.25, 0.3) is 5.91 Å². The summed E-state index contributed by atoms with van der Waals surface area (Å²) in [5, 5.41) is 2.31. The summed E-state index contributed by atoms with van der Waals surface area (Å²) in [6, 6.07) is 1.42. The molecule has 0 unspecified atom stereocenters. The average Bonchev–Trinajstić information content (AvgIpc) is 3.32. The van der Waals surface area contributed by atoms with E-state index in [1.54, 1.807) is 0 Å². The maximum atomic E-state index is 12.1. The largest absolute Gasteiger partial charge is 0.426 e. The van der Waals surface area contributed by atoms with Gasteiger partial charge >= 0.3 is 5.63 Å². The van der Waals surface area contributed by atoms with Crippen LogP contribution in [0.5, 0.6) is 0 Å². The topological polar surface area (TPSA) is 76.4 Å². The maximum Gasteiger partial charge on any atom is 0.336 e. The zero-order valence-electron chi connectivity index (χ0n) is 12.4. The Balaban J connectivity index is 1.59. The first-order chi connectivity index (χ1) is 10.6. The van der Waals surface area contributed by atoms with E-state index in [9.17, 15) is 14.4 Å². The van der Waals surface area contributed by atoms with Gasteiger partial charge in [0.2, 0.25) is 5.91 Å². The predicted molar refractivity (Wildman–Crippen MR) is 78.4 cm³/mol. The van der Waals surface area contributed by atoms with Gasteiger partial charge in [-0.05, 0) is 61.8 Å². The standard InChI is InChI=1S/C17H19NO4/c19-14-8-13-16(17(21)18-14)11(7-15(20)22-13)5-6-12(9-1-2-9)10-3-4-10/h7,9-10,12H,1-6,8H2,(H,18,19,21). The molecule has 1 aliphatic heterocycles. The van der Waals surface area contributed by atoms with E-state index in [0.29, 0.717) is 12.0 Å². The normalized spacial score (nSPS) is 21.0. The van der Waals surface area contributed by atoms with Crippen LogP contribution in [0, 0.1) is 17.8 Å². The molecule has 0 bridgehead atoms. The molecule has 1 N–H and O–H groups in total. The van der Waals surface area contributed by atoms with E-state index in [-0.39, 0.29) is 12.2 Å². The lowest BCUT2D eigenvalue weighted by atomic mass is 9.89. The zero-order valence-corrected chi connectivity index (χ0v) is 12.4. The molecular formula is C17H19NO4. The Hall–Kier alpha value is -1.91. The van der Waals surface area contributed by atoms with Gasteiger partial charge in [-0.25, -0.2) is 4.79 Å². The van der Waals surface area contributed by atoms with Crippen LogP contribution in [0.25, 0.3) is 0 Å². The van der Waals surface area contributed by atoms with Crippen LogP contribution in [0.1, 0.15) is 53.8 Å². The highest BCUT2D eigenvalue weighted by Gasteiger charge is 2.41. The Labute approximate surface area is 128 Å². The third-order valence-electron chi connectivity index (χ3n) is 5.12. The third-order valence-corrected chi connectivity index (χ3v) is 5.12. The first kappa shape index (κ1) is 13.7. The highest BCUT2D eigenvalue weighted by molar-refractivity contribution is 6.09. The van der Waals surface area contributed by atoms with Gasteiger partial charge in [0.05, 0.1) is 12.0 Å². The molecule has 0 spiro atoms. The van der Waals surface area contributed by atoms with Crippen molar-refractivity contribution in [2.45, 2.75) is 44.9 Å². The molecule has 116 valence electrons. The second kappa shape index (κ2) is 5.07. The van der Waals surface area contributed by atoms with Crippen LogP contribution in [0.2, 0.25) is 0 Å². The fraction of sp³-hybridized carbons (Fsp3) is 0.588. The van der Waals surface area contributed by atoms with Crippen molar-refractivity contribution in [3.63, 3.8) is 0 Å². The lowest BCUT2D eigenvalue weighted by molar-refractivity contribution is -0.120. The summed E-state index contributed by atoms with van der Waals surface area (Å²) in [5.74, 6) is 1.81. The summed E-state index contributed by atoms with van der Waals surface area (Å²) < 4.78 is 5.07. The minimum absolute atomic E-state index is 0.0289. The summed E-state index contributed by atoms with van der Waals surface area (Å²) >= 11 is 0. The fourth-order valence-corrected chi connectivity index (χ4v) is 3.80. The van der Waals surface area contributed by atoms with Gasteiger partial charge in [0.15, 0.2) is 0 Å². The number of carbonyl (C=O) groups is 2. The lowest BCUT2D eigenvalue weighted by Crippen LogP contribution is -2.38. The van der Waals surface area contributed by atoms with Crippen molar-refractivity contribution >= 4 is 11.8 Å². The van der Waals surface area contributed by atoms with Crippen LogP contribution in [-0.4, -0.2) is 11.8 Å². The molecule has 2 fully saturated rings. The quantitative estimate of drug-likeness (QED) is 0.842. The molecule has 3 aliphatic rings. The van der Waals surface area contributed by atoms with Crippen LogP contribution in [-0.2, 0) is 17.6 Å². The number of fused-ring (bicyclic) bond motifs is 1. The molecule has 4 rings (SSSR count). The molecule has 1 aromatic heterocycles. The Morgan fingerprint density at radius 3 is 2.45 bits per heavy atom. The molecule has 1 aromatic rings. The Morgan fingerprint density at radius 1 is 1.14 bits per heavy atom. The number of aryl methyl sites for hydroxylation is 1. The molecule has 0 aromatic carbocycles. The second-order valence-corrected chi connectivity index (χ2v) is 6.82. The Morgan fingerprint density at radius 2 is 1.82 bits per heavy atom. The summed E-state index contributed by atoms with van der Waals surface area (Å²) in [6.07, 6.45) is 7.01. The summed E-state index contributed by atoms with van der Waals surface area (Å²) in [7, 11) is 0.